The smallest absolute Gasteiger partial charge is 0.306 e. The van der Waals surface area contributed by atoms with E-state index in [2.05, 4.69) is 13.0 Å². The molecule has 0 fully saturated rings. The van der Waals surface area contributed by atoms with E-state index in [1.807, 2.05) is 67.6 Å². The van der Waals surface area contributed by atoms with E-state index in [1.165, 1.54) is 0 Å². The van der Waals surface area contributed by atoms with Gasteiger partial charge in [-0.2, -0.15) is 0 Å². The lowest BCUT2D eigenvalue weighted by molar-refractivity contribution is -0.141. The van der Waals surface area contributed by atoms with E-state index >= 15 is 0 Å². The van der Waals surface area contributed by atoms with E-state index in [0.29, 0.717) is 19.0 Å². The minimum Gasteiger partial charge on any atom is -0.497 e. The molecule has 2 atom stereocenters. The van der Waals surface area contributed by atoms with E-state index in [9.17, 15) is 9.90 Å². The van der Waals surface area contributed by atoms with Gasteiger partial charge in [0, 0.05) is 5.56 Å². The van der Waals surface area contributed by atoms with Crippen LogP contribution in [-0.4, -0.2) is 24.8 Å². The summed E-state index contributed by atoms with van der Waals surface area (Å²) in [6.45, 7) is 6.83. The molecule has 0 aliphatic rings. The van der Waals surface area contributed by atoms with E-state index in [4.69, 9.17) is 14.2 Å². The van der Waals surface area contributed by atoms with Gasteiger partial charge < -0.3 is 19.3 Å². The van der Waals surface area contributed by atoms with Crippen LogP contribution in [-0.2, 0) is 11.4 Å². The molecule has 3 aromatic carbocycles. The van der Waals surface area contributed by atoms with Gasteiger partial charge in [0.05, 0.1) is 19.6 Å². The Morgan fingerprint density at radius 2 is 1.71 bits per heavy atom. The van der Waals surface area contributed by atoms with E-state index < -0.39 is 11.9 Å². The van der Waals surface area contributed by atoms with E-state index in [-0.39, 0.29) is 5.92 Å². The zero-order chi connectivity index (χ0) is 24.5. The molecule has 5 heteroatoms. The molecule has 1 N–H and O–H groups in total. The summed E-state index contributed by atoms with van der Waals surface area (Å²) in [7, 11) is 1.66. The molecule has 0 spiro atoms. The van der Waals surface area contributed by atoms with Crippen LogP contribution < -0.4 is 14.2 Å². The lowest BCUT2D eigenvalue weighted by atomic mass is 9.89. The van der Waals surface area contributed by atoms with E-state index in [0.717, 1.165) is 46.6 Å². The third-order valence-corrected chi connectivity index (χ3v) is 6.11. The zero-order valence-electron chi connectivity index (χ0n) is 20.4. The summed E-state index contributed by atoms with van der Waals surface area (Å²) < 4.78 is 17.6. The highest BCUT2D eigenvalue weighted by Gasteiger charge is 2.21. The van der Waals surface area contributed by atoms with Crippen LogP contribution in [0.15, 0.2) is 66.7 Å². The van der Waals surface area contributed by atoms with Crippen LogP contribution in [0, 0.1) is 5.92 Å². The molecule has 0 heterocycles. The van der Waals surface area contributed by atoms with Crippen LogP contribution in [0.25, 0.3) is 11.1 Å². The number of rotatable bonds is 12. The zero-order valence-corrected chi connectivity index (χ0v) is 20.4. The largest absolute Gasteiger partial charge is 0.497 e. The van der Waals surface area contributed by atoms with Crippen LogP contribution >= 0.6 is 0 Å². The number of unbranched alkanes of at least 4 members (excludes halogenated alkanes) is 1. The Bertz CT molecular complexity index is 1090. The van der Waals surface area contributed by atoms with Crippen LogP contribution in [0.3, 0.4) is 0 Å². The number of hydrogen-bond acceptors (Lipinski definition) is 4. The monoisotopic (exact) mass is 462 g/mol. The molecule has 0 aliphatic carbocycles. The van der Waals surface area contributed by atoms with Crippen molar-refractivity contribution in [3.05, 3.63) is 77.9 Å². The molecule has 0 bridgehead atoms. The minimum absolute atomic E-state index is 0.109. The van der Waals surface area contributed by atoms with Crippen LogP contribution in [0.5, 0.6) is 17.2 Å². The Hall–Kier alpha value is -3.47. The van der Waals surface area contributed by atoms with Gasteiger partial charge >= 0.3 is 5.97 Å². The Balaban J connectivity index is 1.79. The lowest BCUT2D eigenvalue weighted by Gasteiger charge is -2.18. The number of hydrogen-bond donors (Lipinski definition) is 1. The molecule has 3 aromatic rings. The number of aliphatic carboxylic acids is 1. The second-order valence-corrected chi connectivity index (χ2v) is 8.54. The predicted molar refractivity (Wildman–Crippen MR) is 135 cm³/mol. The molecule has 180 valence electrons. The Morgan fingerprint density at radius 3 is 2.44 bits per heavy atom. The number of carboxylic acid groups (broad SMARTS) is 1. The summed E-state index contributed by atoms with van der Waals surface area (Å²) in [5.41, 5.74) is 3.99. The van der Waals surface area contributed by atoms with Crippen molar-refractivity contribution in [1.82, 2.24) is 0 Å². The summed E-state index contributed by atoms with van der Waals surface area (Å²) in [5, 5.41) is 9.32. The summed E-state index contributed by atoms with van der Waals surface area (Å²) in [4.78, 5) is 11.4. The average Bonchev–Trinajstić information content (AvgIpc) is 2.87. The molecule has 5 nitrogen and oxygen atoms in total. The highest BCUT2D eigenvalue weighted by Crippen LogP contribution is 2.34. The molecule has 0 saturated carbocycles. The quantitative estimate of drug-likeness (QED) is 0.295. The van der Waals surface area contributed by atoms with Gasteiger partial charge in [0.25, 0.3) is 0 Å². The molecule has 0 radical (unpaired) electrons. The van der Waals surface area contributed by atoms with Gasteiger partial charge in [0.2, 0.25) is 0 Å². The van der Waals surface area contributed by atoms with Crippen molar-refractivity contribution < 1.29 is 24.1 Å². The molecule has 0 aromatic heterocycles. The fraction of sp³-hybridized carbons (Fsp3) is 0.345. The van der Waals surface area contributed by atoms with Crippen LogP contribution in [0.4, 0.5) is 0 Å². The van der Waals surface area contributed by atoms with Crippen LogP contribution in [0.1, 0.15) is 50.7 Å². The molecule has 3 rings (SSSR count). The molecule has 1 unspecified atom stereocenters. The molecule has 34 heavy (non-hydrogen) atoms. The van der Waals surface area contributed by atoms with Gasteiger partial charge in [-0.1, -0.05) is 63.6 Å². The molecular formula is C29H34O5. The number of ether oxygens (including phenoxy) is 3. The normalized spacial score (nSPS) is 12.6. The number of methoxy groups -OCH3 is 1. The van der Waals surface area contributed by atoms with Gasteiger partial charge in [-0.05, 0) is 59.4 Å². The third kappa shape index (κ3) is 6.53. The Morgan fingerprint density at radius 1 is 0.941 bits per heavy atom. The maximum Gasteiger partial charge on any atom is 0.306 e. The Kier molecular flexibility index (Phi) is 8.97. The van der Waals surface area contributed by atoms with Crippen molar-refractivity contribution >= 4 is 5.97 Å². The van der Waals surface area contributed by atoms with Crippen molar-refractivity contribution in [2.24, 2.45) is 5.92 Å². The number of benzene rings is 3. The maximum absolute atomic E-state index is 11.4. The maximum atomic E-state index is 11.4. The second-order valence-electron chi connectivity index (χ2n) is 8.54. The van der Waals surface area contributed by atoms with E-state index in [1.54, 1.807) is 14.0 Å². The first-order chi connectivity index (χ1) is 16.4. The summed E-state index contributed by atoms with van der Waals surface area (Å²) in [6, 6.07) is 21.7. The summed E-state index contributed by atoms with van der Waals surface area (Å²) in [5.74, 6) is 0.956. The minimum atomic E-state index is -0.800. The summed E-state index contributed by atoms with van der Waals surface area (Å²) >= 11 is 0. The average molecular weight is 463 g/mol. The van der Waals surface area contributed by atoms with Crippen molar-refractivity contribution in [3.8, 4) is 28.4 Å². The SMILES string of the molecule is CCCCOc1cc(COc2cccc([C@H](C)C(C)C(=O)O)c2)ccc1-c1cccc(OC)c1. The first-order valence-corrected chi connectivity index (χ1v) is 11.8. The first kappa shape index (κ1) is 25.2. The molecule has 0 amide bonds. The Labute approximate surface area is 202 Å². The fourth-order valence-electron chi connectivity index (χ4n) is 3.69. The third-order valence-electron chi connectivity index (χ3n) is 6.11. The molecule has 0 aliphatic heterocycles. The highest BCUT2D eigenvalue weighted by molar-refractivity contribution is 5.72. The topological polar surface area (TPSA) is 65.0 Å². The highest BCUT2D eigenvalue weighted by atomic mass is 16.5. The van der Waals surface area contributed by atoms with Crippen molar-refractivity contribution in [2.75, 3.05) is 13.7 Å². The van der Waals surface area contributed by atoms with Crippen molar-refractivity contribution in [3.63, 3.8) is 0 Å². The predicted octanol–water partition coefficient (Wildman–Crippen LogP) is 6.94. The lowest BCUT2D eigenvalue weighted by Crippen LogP contribution is -2.16. The van der Waals surface area contributed by atoms with Gasteiger partial charge in [0.1, 0.15) is 23.9 Å². The van der Waals surface area contributed by atoms with Crippen molar-refractivity contribution in [1.29, 1.82) is 0 Å². The summed E-state index contributed by atoms with van der Waals surface area (Å²) in [6.07, 6.45) is 2.05. The van der Waals surface area contributed by atoms with Gasteiger partial charge in [-0.25, -0.2) is 0 Å². The fourth-order valence-corrected chi connectivity index (χ4v) is 3.69. The standard InChI is InChI=1S/C29H34O5/c1-5-6-15-33-28-16-22(13-14-27(28)24-10-8-11-25(18-24)32-4)19-34-26-12-7-9-23(17-26)20(2)21(3)29(30)31/h7-14,16-18,20-21H,5-6,15,19H2,1-4H3,(H,30,31)/t20-,21?/m1/s1. The second kappa shape index (κ2) is 12.1. The van der Waals surface area contributed by atoms with Gasteiger partial charge in [-0.15, -0.1) is 0 Å². The van der Waals surface area contributed by atoms with Gasteiger partial charge in [0.15, 0.2) is 0 Å². The molecule has 0 saturated heterocycles. The first-order valence-electron chi connectivity index (χ1n) is 11.8. The van der Waals surface area contributed by atoms with Crippen LogP contribution in [0.2, 0.25) is 0 Å². The molecular weight excluding hydrogens is 428 g/mol. The van der Waals surface area contributed by atoms with Crippen molar-refractivity contribution in [2.45, 2.75) is 46.1 Å². The number of carboxylic acids is 1. The van der Waals surface area contributed by atoms with Gasteiger partial charge in [-0.3, -0.25) is 4.79 Å². The number of carbonyl (C=O) groups is 1.